The van der Waals surface area contributed by atoms with E-state index in [4.69, 9.17) is 5.10 Å². The maximum absolute atomic E-state index is 13.6. The number of amides is 1. The predicted octanol–water partition coefficient (Wildman–Crippen LogP) is 6.08. The maximum atomic E-state index is 13.6. The van der Waals surface area contributed by atoms with Crippen LogP contribution >= 0.6 is 0 Å². The molecule has 172 valence electrons. The van der Waals surface area contributed by atoms with Crippen LogP contribution in [0.15, 0.2) is 84.9 Å². The molecule has 0 aliphatic carbocycles. The Kier molecular flexibility index (Phi) is 6.26. The van der Waals surface area contributed by atoms with Gasteiger partial charge in [0.15, 0.2) is 0 Å². The Hall–Kier alpha value is -3.73. The van der Waals surface area contributed by atoms with Gasteiger partial charge in [-0.2, -0.15) is 5.10 Å². The molecule has 4 nitrogen and oxygen atoms in total. The smallest absolute Gasteiger partial charge is 0.272 e. The molecular formula is C29H28FN3O. The fourth-order valence-corrected chi connectivity index (χ4v) is 4.63. The number of aromatic nitrogens is 2. The fraction of sp³-hybridized carbons (Fsp3) is 0.241. The molecule has 3 aromatic carbocycles. The Morgan fingerprint density at radius 3 is 2.29 bits per heavy atom. The van der Waals surface area contributed by atoms with Crippen molar-refractivity contribution in [3.8, 4) is 16.9 Å². The molecule has 0 radical (unpaired) electrons. The Morgan fingerprint density at radius 1 is 0.941 bits per heavy atom. The van der Waals surface area contributed by atoms with E-state index in [0.717, 1.165) is 49.2 Å². The van der Waals surface area contributed by atoms with Crippen molar-refractivity contribution in [3.05, 3.63) is 108 Å². The first-order valence-corrected chi connectivity index (χ1v) is 11.8. The molecule has 1 amide bonds. The number of carbonyl (C=O) groups is 1. The molecule has 0 atom stereocenters. The molecule has 34 heavy (non-hydrogen) atoms. The largest absolute Gasteiger partial charge is 0.337 e. The standard InChI is InChI=1S/C29H28FN3O/c1-21-7-13-26(14-8-21)33-28(20-27(31-33)24-9-11-25(30)12-10-24)29(34)32-17-15-23(16-18-32)19-22-5-3-2-4-6-22/h2-14,20,23H,15-19H2,1H3. The molecule has 1 aliphatic heterocycles. The summed E-state index contributed by atoms with van der Waals surface area (Å²) in [6.45, 7) is 3.51. The zero-order chi connectivity index (χ0) is 23.5. The highest BCUT2D eigenvalue weighted by molar-refractivity contribution is 5.94. The van der Waals surface area contributed by atoms with E-state index in [9.17, 15) is 9.18 Å². The Morgan fingerprint density at radius 2 is 1.62 bits per heavy atom. The van der Waals surface area contributed by atoms with Crippen LogP contribution in [0.25, 0.3) is 16.9 Å². The number of aryl methyl sites for hydroxylation is 1. The molecule has 1 aromatic heterocycles. The summed E-state index contributed by atoms with van der Waals surface area (Å²) < 4.78 is 15.2. The lowest BCUT2D eigenvalue weighted by atomic mass is 9.90. The Labute approximate surface area is 199 Å². The van der Waals surface area contributed by atoms with Gasteiger partial charge in [-0.05, 0) is 80.1 Å². The third kappa shape index (κ3) is 4.79. The van der Waals surface area contributed by atoms with Gasteiger partial charge in [-0.15, -0.1) is 0 Å². The Bertz CT molecular complexity index is 1260. The van der Waals surface area contributed by atoms with E-state index in [2.05, 4.69) is 24.3 Å². The van der Waals surface area contributed by atoms with Gasteiger partial charge >= 0.3 is 0 Å². The number of benzene rings is 3. The molecule has 0 saturated carbocycles. The molecule has 5 heteroatoms. The summed E-state index contributed by atoms with van der Waals surface area (Å²) in [5.41, 5.74) is 5.30. The number of carbonyl (C=O) groups excluding carboxylic acids is 1. The molecule has 5 rings (SSSR count). The second-order valence-corrected chi connectivity index (χ2v) is 9.09. The second-order valence-electron chi connectivity index (χ2n) is 9.09. The number of piperidine rings is 1. The zero-order valence-electron chi connectivity index (χ0n) is 19.3. The average Bonchev–Trinajstić information content (AvgIpc) is 3.31. The van der Waals surface area contributed by atoms with E-state index in [1.807, 2.05) is 48.2 Å². The highest BCUT2D eigenvalue weighted by Gasteiger charge is 2.27. The number of likely N-dealkylation sites (tertiary alicyclic amines) is 1. The SMILES string of the molecule is Cc1ccc(-n2nc(-c3ccc(F)cc3)cc2C(=O)N2CCC(Cc3ccccc3)CC2)cc1. The highest BCUT2D eigenvalue weighted by Crippen LogP contribution is 2.26. The molecule has 0 spiro atoms. The predicted molar refractivity (Wildman–Crippen MR) is 132 cm³/mol. The molecular weight excluding hydrogens is 425 g/mol. The normalized spacial score (nSPS) is 14.4. The van der Waals surface area contributed by atoms with Crippen molar-refractivity contribution in [2.45, 2.75) is 26.2 Å². The van der Waals surface area contributed by atoms with Crippen LogP contribution < -0.4 is 0 Å². The number of halogens is 1. The number of nitrogens with zero attached hydrogens (tertiary/aromatic N) is 3. The monoisotopic (exact) mass is 453 g/mol. The summed E-state index contributed by atoms with van der Waals surface area (Å²) in [6.07, 6.45) is 3.03. The van der Waals surface area contributed by atoms with Crippen LogP contribution in [0.5, 0.6) is 0 Å². The lowest BCUT2D eigenvalue weighted by molar-refractivity contribution is 0.0681. The van der Waals surface area contributed by atoms with E-state index in [-0.39, 0.29) is 11.7 Å². The molecule has 0 bridgehead atoms. The molecule has 1 saturated heterocycles. The lowest BCUT2D eigenvalue weighted by Crippen LogP contribution is -2.39. The summed E-state index contributed by atoms with van der Waals surface area (Å²) in [5, 5.41) is 4.74. The van der Waals surface area contributed by atoms with Crippen LogP contribution in [0.1, 0.15) is 34.5 Å². The van der Waals surface area contributed by atoms with Crippen molar-refractivity contribution in [2.24, 2.45) is 5.92 Å². The second kappa shape index (κ2) is 9.64. The van der Waals surface area contributed by atoms with Crippen LogP contribution in [-0.2, 0) is 6.42 Å². The fourth-order valence-electron chi connectivity index (χ4n) is 4.63. The third-order valence-electron chi connectivity index (χ3n) is 6.62. The van der Waals surface area contributed by atoms with Crippen LogP contribution in [0, 0.1) is 18.7 Å². The van der Waals surface area contributed by atoms with Crippen molar-refractivity contribution < 1.29 is 9.18 Å². The summed E-state index contributed by atoms with van der Waals surface area (Å²) in [5.74, 6) is 0.277. The van der Waals surface area contributed by atoms with Gasteiger partial charge in [0, 0.05) is 18.7 Å². The van der Waals surface area contributed by atoms with Gasteiger partial charge in [0.25, 0.3) is 5.91 Å². The van der Waals surface area contributed by atoms with Gasteiger partial charge < -0.3 is 4.90 Å². The molecule has 4 aromatic rings. The van der Waals surface area contributed by atoms with Crippen LogP contribution in [0.4, 0.5) is 4.39 Å². The van der Waals surface area contributed by atoms with E-state index < -0.39 is 0 Å². The summed E-state index contributed by atoms with van der Waals surface area (Å²) in [7, 11) is 0. The highest BCUT2D eigenvalue weighted by atomic mass is 19.1. The zero-order valence-corrected chi connectivity index (χ0v) is 19.3. The minimum atomic E-state index is -0.295. The summed E-state index contributed by atoms with van der Waals surface area (Å²) in [4.78, 5) is 15.6. The first-order chi connectivity index (χ1) is 16.6. The minimum absolute atomic E-state index is 0.0143. The average molecular weight is 454 g/mol. The third-order valence-corrected chi connectivity index (χ3v) is 6.62. The number of rotatable bonds is 5. The quantitative estimate of drug-likeness (QED) is 0.367. The van der Waals surface area contributed by atoms with Crippen molar-refractivity contribution in [1.29, 1.82) is 0 Å². The lowest BCUT2D eigenvalue weighted by Gasteiger charge is -2.32. The van der Waals surface area contributed by atoms with Gasteiger partial charge in [-0.3, -0.25) is 4.79 Å². The summed E-state index contributed by atoms with van der Waals surface area (Å²) >= 11 is 0. The van der Waals surface area contributed by atoms with Gasteiger partial charge in [0.05, 0.1) is 11.4 Å². The van der Waals surface area contributed by atoms with E-state index >= 15 is 0 Å². The molecule has 1 fully saturated rings. The number of hydrogen-bond acceptors (Lipinski definition) is 2. The first-order valence-electron chi connectivity index (χ1n) is 11.8. The summed E-state index contributed by atoms with van der Waals surface area (Å²) in [6, 6.07) is 26.6. The molecule has 1 aliphatic rings. The van der Waals surface area contributed by atoms with E-state index in [1.54, 1.807) is 16.8 Å². The van der Waals surface area contributed by atoms with Crippen LogP contribution in [0.3, 0.4) is 0 Å². The van der Waals surface area contributed by atoms with Crippen molar-refractivity contribution in [1.82, 2.24) is 14.7 Å². The molecule has 0 N–H and O–H groups in total. The maximum Gasteiger partial charge on any atom is 0.272 e. The van der Waals surface area contributed by atoms with Crippen LogP contribution in [0.2, 0.25) is 0 Å². The van der Waals surface area contributed by atoms with Crippen molar-refractivity contribution in [2.75, 3.05) is 13.1 Å². The number of hydrogen-bond donors (Lipinski definition) is 0. The van der Waals surface area contributed by atoms with Gasteiger partial charge in [-0.1, -0.05) is 48.0 Å². The van der Waals surface area contributed by atoms with Crippen molar-refractivity contribution in [3.63, 3.8) is 0 Å². The molecule has 2 heterocycles. The topological polar surface area (TPSA) is 38.1 Å². The van der Waals surface area contributed by atoms with Crippen LogP contribution in [-0.4, -0.2) is 33.7 Å². The Balaban J connectivity index is 1.39. The van der Waals surface area contributed by atoms with E-state index in [0.29, 0.717) is 17.3 Å². The van der Waals surface area contributed by atoms with Crippen molar-refractivity contribution >= 4 is 5.91 Å². The molecule has 0 unspecified atom stereocenters. The van der Waals surface area contributed by atoms with Gasteiger partial charge in [-0.25, -0.2) is 9.07 Å². The minimum Gasteiger partial charge on any atom is -0.337 e. The first kappa shape index (κ1) is 22.1. The van der Waals surface area contributed by atoms with Gasteiger partial charge in [0.2, 0.25) is 0 Å². The van der Waals surface area contributed by atoms with E-state index in [1.165, 1.54) is 17.7 Å². The van der Waals surface area contributed by atoms with Gasteiger partial charge in [0.1, 0.15) is 11.5 Å².